The van der Waals surface area contributed by atoms with Gasteiger partial charge >= 0.3 is 7.60 Å². The third-order valence-electron chi connectivity index (χ3n) is 2.58. The van der Waals surface area contributed by atoms with E-state index in [0.29, 0.717) is 0 Å². The molecule has 1 aliphatic carbocycles. The van der Waals surface area contributed by atoms with Gasteiger partial charge in [-0.15, -0.1) is 0 Å². The molecule has 0 amide bonds. The van der Waals surface area contributed by atoms with E-state index >= 15 is 0 Å². The molecule has 1 saturated carbocycles. The molecule has 0 saturated heterocycles. The standard InChI is InChI=1S/C9H17O4P/c1-12-14(2,11)13-7-9(10)8-5-3-4-6-8/h8H,3-7H2,1-2H3. The minimum absolute atomic E-state index is 0.0571. The van der Waals surface area contributed by atoms with E-state index in [4.69, 9.17) is 4.52 Å². The molecule has 1 fully saturated rings. The largest absolute Gasteiger partial charge is 0.327 e. The van der Waals surface area contributed by atoms with E-state index in [0.717, 1.165) is 25.7 Å². The van der Waals surface area contributed by atoms with Crippen LogP contribution in [0.4, 0.5) is 0 Å². The summed E-state index contributed by atoms with van der Waals surface area (Å²) in [6.45, 7) is 1.29. The van der Waals surface area contributed by atoms with Crippen molar-refractivity contribution in [3.05, 3.63) is 0 Å². The summed E-state index contributed by atoms with van der Waals surface area (Å²) in [6.07, 6.45) is 4.13. The van der Waals surface area contributed by atoms with Crippen molar-refractivity contribution in [1.82, 2.24) is 0 Å². The Morgan fingerprint density at radius 3 is 2.50 bits per heavy atom. The lowest BCUT2D eigenvalue weighted by atomic mass is 10.0. The number of carbonyl (C=O) groups is 1. The summed E-state index contributed by atoms with van der Waals surface area (Å²) in [4.78, 5) is 11.5. The lowest BCUT2D eigenvalue weighted by Gasteiger charge is -2.12. The van der Waals surface area contributed by atoms with Gasteiger partial charge in [-0.2, -0.15) is 0 Å². The fraction of sp³-hybridized carbons (Fsp3) is 0.889. The van der Waals surface area contributed by atoms with E-state index < -0.39 is 7.60 Å². The molecule has 1 aliphatic rings. The van der Waals surface area contributed by atoms with Crippen LogP contribution in [0, 0.1) is 5.92 Å². The fourth-order valence-corrected chi connectivity index (χ4v) is 2.07. The Bertz CT molecular complexity index is 245. The van der Waals surface area contributed by atoms with E-state index in [2.05, 4.69) is 4.52 Å². The fourth-order valence-electron chi connectivity index (χ4n) is 1.60. The van der Waals surface area contributed by atoms with Crippen LogP contribution in [0.3, 0.4) is 0 Å². The summed E-state index contributed by atoms with van der Waals surface area (Å²) in [6, 6.07) is 0. The summed E-state index contributed by atoms with van der Waals surface area (Å²) < 4.78 is 20.9. The lowest BCUT2D eigenvalue weighted by Crippen LogP contribution is -2.16. The van der Waals surface area contributed by atoms with Crippen molar-refractivity contribution < 1.29 is 18.4 Å². The summed E-state index contributed by atoms with van der Waals surface area (Å²) in [7, 11) is -1.67. The molecule has 0 N–H and O–H groups in total. The van der Waals surface area contributed by atoms with Gasteiger partial charge < -0.3 is 9.05 Å². The highest BCUT2D eigenvalue weighted by Gasteiger charge is 2.25. The molecule has 0 aromatic carbocycles. The molecular weight excluding hydrogens is 203 g/mol. The van der Waals surface area contributed by atoms with Crippen molar-refractivity contribution >= 4 is 13.4 Å². The number of ketones is 1. The van der Waals surface area contributed by atoms with Crippen LogP contribution in [0.2, 0.25) is 0 Å². The van der Waals surface area contributed by atoms with Crippen molar-refractivity contribution in [3.63, 3.8) is 0 Å². The maximum Gasteiger partial charge on any atom is 0.327 e. The molecule has 0 spiro atoms. The van der Waals surface area contributed by atoms with E-state index in [-0.39, 0.29) is 18.3 Å². The number of Topliss-reactive ketones (excluding diaryl/α,β-unsaturated/α-hetero) is 1. The van der Waals surface area contributed by atoms with E-state index in [9.17, 15) is 9.36 Å². The molecule has 0 aliphatic heterocycles. The van der Waals surface area contributed by atoms with Gasteiger partial charge in [-0.05, 0) is 12.8 Å². The predicted molar refractivity (Wildman–Crippen MR) is 53.5 cm³/mol. The minimum atomic E-state index is -2.99. The first-order valence-electron chi connectivity index (χ1n) is 4.85. The number of hydrogen-bond donors (Lipinski definition) is 0. The van der Waals surface area contributed by atoms with Crippen LogP contribution < -0.4 is 0 Å². The molecule has 1 rings (SSSR count). The first-order valence-corrected chi connectivity index (χ1v) is 6.84. The van der Waals surface area contributed by atoms with Crippen LogP contribution in [-0.2, 0) is 18.4 Å². The van der Waals surface area contributed by atoms with E-state index in [1.54, 1.807) is 0 Å². The SMILES string of the molecule is COP(C)(=O)OCC(=O)C1CCCC1. The summed E-state index contributed by atoms with van der Waals surface area (Å²) in [5, 5.41) is 0. The van der Waals surface area contributed by atoms with E-state index in [1.807, 2.05) is 0 Å². The second-order valence-corrected chi connectivity index (χ2v) is 5.84. The molecule has 4 nitrogen and oxygen atoms in total. The molecular formula is C9H17O4P. The zero-order chi connectivity index (χ0) is 10.6. The third-order valence-corrected chi connectivity index (χ3v) is 3.84. The Morgan fingerprint density at radius 2 is 2.00 bits per heavy atom. The second-order valence-electron chi connectivity index (χ2n) is 3.68. The average Bonchev–Trinajstić information content (AvgIpc) is 2.67. The molecule has 0 aromatic heterocycles. The monoisotopic (exact) mass is 220 g/mol. The molecule has 82 valence electrons. The Balaban J connectivity index is 2.30. The van der Waals surface area contributed by atoms with Crippen LogP contribution in [-0.4, -0.2) is 26.2 Å². The normalized spacial score (nSPS) is 22.1. The van der Waals surface area contributed by atoms with Gasteiger partial charge in [-0.1, -0.05) is 12.8 Å². The Morgan fingerprint density at radius 1 is 1.43 bits per heavy atom. The molecule has 0 aromatic rings. The van der Waals surface area contributed by atoms with Crippen molar-refractivity contribution in [3.8, 4) is 0 Å². The minimum Gasteiger partial charge on any atom is -0.312 e. The molecule has 5 heteroatoms. The van der Waals surface area contributed by atoms with Crippen LogP contribution >= 0.6 is 7.60 Å². The Hall–Kier alpha value is -0.180. The quantitative estimate of drug-likeness (QED) is 0.666. The van der Waals surface area contributed by atoms with Gasteiger partial charge in [0.25, 0.3) is 0 Å². The first-order chi connectivity index (χ1) is 6.55. The van der Waals surface area contributed by atoms with Gasteiger partial charge in [0, 0.05) is 19.7 Å². The van der Waals surface area contributed by atoms with Crippen molar-refractivity contribution in [2.24, 2.45) is 5.92 Å². The molecule has 0 radical (unpaired) electrons. The zero-order valence-electron chi connectivity index (χ0n) is 8.69. The number of carbonyl (C=O) groups excluding carboxylic acids is 1. The topological polar surface area (TPSA) is 52.6 Å². The summed E-state index contributed by atoms with van der Waals surface area (Å²) in [5.41, 5.74) is 0. The van der Waals surface area contributed by atoms with E-state index in [1.165, 1.54) is 13.8 Å². The second kappa shape index (κ2) is 5.06. The van der Waals surface area contributed by atoms with Crippen molar-refractivity contribution in [2.75, 3.05) is 20.4 Å². The average molecular weight is 220 g/mol. The molecule has 0 heterocycles. The first kappa shape index (κ1) is 11.9. The van der Waals surface area contributed by atoms with Crippen LogP contribution in [0.25, 0.3) is 0 Å². The Labute approximate surface area is 84.5 Å². The summed E-state index contributed by atoms with van der Waals surface area (Å²) >= 11 is 0. The molecule has 0 bridgehead atoms. The van der Waals surface area contributed by atoms with Gasteiger partial charge in [0.05, 0.1) is 0 Å². The third kappa shape index (κ3) is 3.52. The number of rotatable bonds is 5. The highest BCUT2D eigenvalue weighted by Crippen LogP contribution is 2.42. The van der Waals surface area contributed by atoms with Crippen molar-refractivity contribution in [1.29, 1.82) is 0 Å². The van der Waals surface area contributed by atoms with Gasteiger partial charge in [0.15, 0.2) is 5.78 Å². The molecule has 1 unspecified atom stereocenters. The van der Waals surface area contributed by atoms with Crippen LogP contribution in [0.5, 0.6) is 0 Å². The maximum atomic E-state index is 11.5. The predicted octanol–water partition coefficient (Wildman–Crippen LogP) is 2.23. The van der Waals surface area contributed by atoms with Gasteiger partial charge in [-0.3, -0.25) is 9.36 Å². The lowest BCUT2D eigenvalue weighted by molar-refractivity contribution is -0.124. The highest BCUT2D eigenvalue weighted by atomic mass is 31.2. The van der Waals surface area contributed by atoms with Gasteiger partial charge in [0.1, 0.15) is 6.61 Å². The Kier molecular flexibility index (Phi) is 4.30. The molecule has 1 atom stereocenters. The number of hydrogen-bond acceptors (Lipinski definition) is 4. The smallest absolute Gasteiger partial charge is 0.312 e. The van der Waals surface area contributed by atoms with Crippen LogP contribution in [0.1, 0.15) is 25.7 Å². The maximum absolute atomic E-state index is 11.5. The van der Waals surface area contributed by atoms with Gasteiger partial charge in [-0.25, -0.2) is 0 Å². The zero-order valence-corrected chi connectivity index (χ0v) is 9.59. The summed E-state index contributed by atoms with van der Waals surface area (Å²) in [5.74, 6) is 0.175. The van der Waals surface area contributed by atoms with Crippen LogP contribution in [0.15, 0.2) is 0 Å². The van der Waals surface area contributed by atoms with Crippen molar-refractivity contribution in [2.45, 2.75) is 25.7 Å². The van der Waals surface area contributed by atoms with Gasteiger partial charge in [0.2, 0.25) is 0 Å². The molecule has 14 heavy (non-hydrogen) atoms. The highest BCUT2D eigenvalue weighted by molar-refractivity contribution is 7.52.